The summed E-state index contributed by atoms with van der Waals surface area (Å²) in [6.07, 6.45) is -0.345. The minimum Gasteiger partial charge on any atom is -0.444 e. The van der Waals surface area contributed by atoms with Crippen LogP contribution in [-0.4, -0.2) is 29.7 Å². The van der Waals surface area contributed by atoms with Crippen LogP contribution in [0.4, 0.5) is 4.79 Å². The van der Waals surface area contributed by atoms with Gasteiger partial charge in [0, 0.05) is 13.1 Å². The van der Waals surface area contributed by atoms with Crippen molar-refractivity contribution < 1.29 is 9.53 Å². The van der Waals surface area contributed by atoms with Crippen LogP contribution < -0.4 is 0 Å². The van der Waals surface area contributed by atoms with Gasteiger partial charge in [-0.25, -0.2) is 4.79 Å². The monoisotopic (exact) mass is 287 g/mol. The number of carbonyl (C=O) groups is 1. The quantitative estimate of drug-likeness (QED) is 0.745. The number of nitrogens with zero attached hydrogens (tertiary/aromatic N) is 1. The van der Waals surface area contributed by atoms with Crippen molar-refractivity contribution in [2.45, 2.75) is 33.3 Å². The number of hydrogen-bond donors (Lipinski definition) is 0. The lowest BCUT2D eigenvalue weighted by atomic mass is 10.1. The molecule has 114 valence electrons. The molecule has 0 aromatic heterocycles. The van der Waals surface area contributed by atoms with Crippen LogP contribution in [0, 0.1) is 0 Å². The standard InChI is InChI=1S/C18H25NO2/c1-14(2)12-19(17(20)21-18(4,5)6)13-15(3)16-10-8-7-9-11-16/h7-11H,1,3,12-13H2,2,4-6H3. The van der Waals surface area contributed by atoms with Gasteiger partial charge < -0.3 is 4.74 Å². The van der Waals surface area contributed by atoms with E-state index < -0.39 is 5.60 Å². The normalized spacial score (nSPS) is 10.9. The molecule has 0 saturated heterocycles. The molecule has 0 bridgehead atoms. The van der Waals surface area contributed by atoms with Crippen molar-refractivity contribution in [2.75, 3.05) is 13.1 Å². The van der Waals surface area contributed by atoms with E-state index in [1.54, 1.807) is 4.90 Å². The summed E-state index contributed by atoms with van der Waals surface area (Å²) in [6, 6.07) is 9.83. The first-order valence-electron chi connectivity index (χ1n) is 7.04. The number of hydrogen-bond acceptors (Lipinski definition) is 2. The average Bonchev–Trinajstić information content (AvgIpc) is 2.36. The maximum absolute atomic E-state index is 12.3. The molecular formula is C18H25NO2. The highest BCUT2D eigenvalue weighted by molar-refractivity contribution is 5.73. The van der Waals surface area contributed by atoms with Gasteiger partial charge in [0.2, 0.25) is 0 Å². The van der Waals surface area contributed by atoms with E-state index >= 15 is 0 Å². The van der Waals surface area contributed by atoms with Crippen LogP contribution in [0.2, 0.25) is 0 Å². The Bertz CT molecular complexity index is 512. The van der Waals surface area contributed by atoms with E-state index in [-0.39, 0.29) is 6.09 Å². The first kappa shape index (κ1) is 17.0. The van der Waals surface area contributed by atoms with E-state index in [2.05, 4.69) is 13.2 Å². The van der Waals surface area contributed by atoms with Gasteiger partial charge >= 0.3 is 6.09 Å². The maximum atomic E-state index is 12.3. The summed E-state index contributed by atoms with van der Waals surface area (Å²) in [4.78, 5) is 13.9. The van der Waals surface area contributed by atoms with Crippen LogP contribution >= 0.6 is 0 Å². The highest BCUT2D eigenvalue weighted by Gasteiger charge is 2.22. The number of amides is 1. The highest BCUT2D eigenvalue weighted by Crippen LogP contribution is 2.17. The molecule has 0 fully saturated rings. The average molecular weight is 287 g/mol. The predicted molar refractivity (Wildman–Crippen MR) is 88.1 cm³/mol. The van der Waals surface area contributed by atoms with E-state index in [0.717, 1.165) is 16.7 Å². The Labute approximate surface area is 127 Å². The van der Waals surface area contributed by atoms with Crippen molar-refractivity contribution in [3.8, 4) is 0 Å². The van der Waals surface area contributed by atoms with Gasteiger partial charge in [0.15, 0.2) is 0 Å². The molecular weight excluding hydrogens is 262 g/mol. The first-order chi connectivity index (χ1) is 9.69. The fraction of sp³-hybridized carbons (Fsp3) is 0.389. The van der Waals surface area contributed by atoms with Crippen LogP contribution in [-0.2, 0) is 4.74 Å². The Kier molecular flexibility index (Phi) is 5.77. The molecule has 0 heterocycles. The fourth-order valence-electron chi connectivity index (χ4n) is 1.83. The van der Waals surface area contributed by atoms with Crippen molar-refractivity contribution in [3.63, 3.8) is 0 Å². The van der Waals surface area contributed by atoms with Crippen LogP contribution in [0.5, 0.6) is 0 Å². The molecule has 1 rings (SSSR count). The number of rotatable bonds is 5. The van der Waals surface area contributed by atoms with Gasteiger partial charge in [-0.3, -0.25) is 4.90 Å². The lowest BCUT2D eigenvalue weighted by Crippen LogP contribution is -2.38. The summed E-state index contributed by atoms with van der Waals surface area (Å²) in [5.74, 6) is 0. The van der Waals surface area contributed by atoms with Gasteiger partial charge in [-0.15, -0.1) is 0 Å². The van der Waals surface area contributed by atoms with Crippen LogP contribution in [0.3, 0.4) is 0 Å². The third-order valence-corrected chi connectivity index (χ3v) is 2.68. The summed E-state index contributed by atoms with van der Waals surface area (Å²) >= 11 is 0. The zero-order valence-electron chi connectivity index (χ0n) is 13.5. The molecule has 3 heteroatoms. The third kappa shape index (κ3) is 6.30. The number of ether oxygens (including phenoxy) is 1. The molecule has 1 aromatic carbocycles. The molecule has 0 N–H and O–H groups in total. The minimum absolute atomic E-state index is 0.345. The second kappa shape index (κ2) is 7.11. The van der Waals surface area contributed by atoms with E-state index in [1.807, 2.05) is 58.0 Å². The van der Waals surface area contributed by atoms with Crippen molar-refractivity contribution in [1.29, 1.82) is 0 Å². The molecule has 3 nitrogen and oxygen atoms in total. The number of benzene rings is 1. The molecule has 0 unspecified atom stereocenters. The topological polar surface area (TPSA) is 29.5 Å². The Morgan fingerprint density at radius 3 is 2.19 bits per heavy atom. The molecule has 0 aliphatic carbocycles. The molecule has 0 atom stereocenters. The van der Waals surface area contributed by atoms with Crippen LogP contribution in [0.1, 0.15) is 33.3 Å². The summed E-state index contributed by atoms with van der Waals surface area (Å²) in [6.45, 7) is 16.3. The molecule has 0 saturated carbocycles. The van der Waals surface area contributed by atoms with E-state index in [9.17, 15) is 4.79 Å². The summed E-state index contributed by atoms with van der Waals surface area (Å²) in [5.41, 5.74) is 2.29. The van der Waals surface area contributed by atoms with Crippen molar-refractivity contribution >= 4 is 11.7 Å². The Balaban J connectivity index is 2.81. The Morgan fingerprint density at radius 2 is 1.71 bits per heavy atom. The smallest absolute Gasteiger partial charge is 0.410 e. The molecule has 0 radical (unpaired) electrons. The summed E-state index contributed by atoms with van der Waals surface area (Å²) < 4.78 is 5.44. The van der Waals surface area contributed by atoms with Gasteiger partial charge in [0.1, 0.15) is 5.60 Å². The summed E-state index contributed by atoms with van der Waals surface area (Å²) in [5, 5.41) is 0. The molecule has 0 aliphatic rings. The van der Waals surface area contributed by atoms with Crippen molar-refractivity contribution in [2.24, 2.45) is 0 Å². The number of carbonyl (C=O) groups excluding carboxylic acids is 1. The van der Waals surface area contributed by atoms with Gasteiger partial charge in [0.05, 0.1) is 0 Å². The SMILES string of the molecule is C=C(C)CN(CC(=C)c1ccccc1)C(=O)OC(C)(C)C. The van der Waals surface area contributed by atoms with Gasteiger partial charge in [-0.1, -0.05) is 49.1 Å². The Hall–Kier alpha value is -2.03. The molecule has 0 aliphatic heterocycles. The predicted octanol–water partition coefficient (Wildman–Crippen LogP) is 4.51. The molecule has 0 spiro atoms. The second-order valence-corrected chi connectivity index (χ2v) is 6.26. The van der Waals surface area contributed by atoms with Crippen molar-refractivity contribution in [3.05, 3.63) is 54.6 Å². The third-order valence-electron chi connectivity index (χ3n) is 2.68. The largest absolute Gasteiger partial charge is 0.444 e. The first-order valence-corrected chi connectivity index (χ1v) is 7.04. The van der Waals surface area contributed by atoms with Crippen LogP contribution in [0.25, 0.3) is 5.57 Å². The van der Waals surface area contributed by atoms with Crippen LogP contribution in [0.15, 0.2) is 49.1 Å². The van der Waals surface area contributed by atoms with E-state index in [1.165, 1.54) is 0 Å². The van der Waals surface area contributed by atoms with Gasteiger partial charge in [0.25, 0.3) is 0 Å². The molecule has 21 heavy (non-hydrogen) atoms. The highest BCUT2D eigenvalue weighted by atomic mass is 16.6. The zero-order chi connectivity index (χ0) is 16.0. The minimum atomic E-state index is -0.515. The van der Waals surface area contributed by atoms with E-state index in [0.29, 0.717) is 13.1 Å². The van der Waals surface area contributed by atoms with Crippen molar-refractivity contribution in [1.82, 2.24) is 4.90 Å². The zero-order valence-corrected chi connectivity index (χ0v) is 13.5. The maximum Gasteiger partial charge on any atom is 0.410 e. The molecule has 1 aromatic rings. The van der Waals surface area contributed by atoms with E-state index in [4.69, 9.17) is 4.74 Å². The summed E-state index contributed by atoms with van der Waals surface area (Å²) in [7, 11) is 0. The lowest BCUT2D eigenvalue weighted by Gasteiger charge is -2.28. The Morgan fingerprint density at radius 1 is 1.14 bits per heavy atom. The lowest BCUT2D eigenvalue weighted by molar-refractivity contribution is 0.0291. The van der Waals surface area contributed by atoms with Gasteiger partial charge in [-0.05, 0) is 38.8 Å². The fourth-order valence-corrected chi connectivity index (χ4v) is 1.83. The molecule has 1 amide bonds. The second-order valence-electron chi connectivity index (χ2n) is 6.26. The van der Waals surface area contributed by atoms with Gasteiger partial charge in [-0.2, -0.15) is 0 Å².